The maximum absolute atomic E-state index is 13.0. The molecule has 2 aliphatic heterocycles. The maximum Gasteiger partial charge on any atom is 0.328 e. The first-order valence-corrected chi connectivity index (χ1v) is 22.3. The molecule has 14 nitrogen and oxygen atoms in total. The zero-order chi connectivity index (χ0) is 43.8. The molecule has 3 N–H and O–H groups in total. The molecule has 0 bridgehead atoms. The summed E-state index contributed by atoms with van der Waals surface area (Å²) in [5.41, 5.74) is 9.74. The lowest BCUT2D eigenvalue weighted by atomic mass is 9.78. The highest BCUT2D eigenvalue weighted by molar-refractivity contribution is 6.05. The SMILES string of the molecule is Cc1cc(-c2[nH]nc3ncc(-c4ccc(N5CCN(CC6CCC(c7cccc(N8CCC(=O)NC8=O)c7)CC6)CC5)cc4)cc23)ccc1[C@@H](C)NC(=O)c1noc(C(C)(C)C)n1. The van der Waals surface area contributed by atoms with Crippen molar-refractivity contribution in [2.75, 3.05) is 49.1 Å². The van der Waals surface area contributed by atoms with Gasteiger partial charge in [0.2, 0.25) is 11.8 Å². The third-order valence-electron chi connectivity index (χ3n) is 13.1. The third kappa shape index (κ3) is 9.08. The highest BCUT2D eigenvalue weighted by atomic mass is 16.5. The van der Waals surface area contributed by atoms with Gasteiger partial charge >= 0.3 is 6.03 Å². The molecule has 326 valence electrons. The van der Waals surface area contributed by atoms with E-state index in [1.165, 1.54) is 24.1 Å². The van der Waals surface area contributed by atoms with Crippen LogP contribution in [0.5, 0.6) is 0 Å². The van der Waals surface area contributed by atoms with Crippen LogP contribution in [0.2, 0.25) is 0 Å². The van der Waals surface area contributed by atoms with Crippen LogP contribution in [-0.2, 0) is 10.2 Å². The summed E-state index contributed by atoms with van der Waals surface area (Å²) < 4.78 is 5.32. The number of aromatic amines is 1. The minimum atomic E-state index is -0.380. The largest absolute Gasteiger partial charge is 0.369 e. The van der Waals surface area contributed by atoms with Gasteiger partial charge in [0, 0.05) is 85.2 Å². The second kappa shape index (κ2) is 17.4. The van der Waals surface area contributed by atoms with Crippen molar-refractivity contribution < 1.29 is 18.9 Å². The number of nitrogens with zero attached hydrogens (tertiary/aromatic N) is 7. The average molecular weight is 849 g/mol. The maximum atomic E-state index is 13.0. The molecule has 0 radical (unpaired) electrons. The van der Waals surface area contributed by atoms with Gasteiger partial charge in [0.15, 0.2) is 5.65 Å². The Morgan fingerprint density at radius 1 is 0.889 bits per heavy atom. The van der Waals surface area contributed by atoms with Gasteiger partial charge in [0.05, 0.1) is 11.7 Å². The van der Waals surface area contributed by atoms with Crippen molar-refractivity contribution in [3.8, 4) is 22.4 Å². The second-order valence-corrected chi connectivity index (χ2v) is 18.5. The van der Waals surface area contributed by atoms with Crippen molar-refractivity contribution in [2.45, 2.75) is 84.1 Å². The topological polar surface area (TPSA) is 165 Å². The van der Waals surface area contributed by atoms with E-state index in [1.807, 2.05) is 65.1 Å². The summed E-state index contributed by atoms with van der Waals surface area (Å²) in [6.07, 6.45) is 6.97. The van der Waals surface area contributed by atoms with Crippen LogP contribution >= 0.6 is 0 Å². The molecular formula is C49H56N10O4. The standard InChI is InChI=1S/C49H56N10O4/c1-30-25-36(15-18-40(30)31(2)51-46(61)45-53-47(63-56-45)49(3,4)5)43-41-27-37(28-50-44(41)55-54-43)34-13-16-38(17-14-34)58-23-21-57(22-24-58)29-32-9-11-33(12-10-32)35-7-6-8-39(26-35)59-20-19-42(60)52-48(59)62/h6-8,13-18,25-28,31-33H,9-12,19-24,29H2,1-5H3,(H,51,61)(H,50,54,55)(H,52,60,62)/t31-,32?,33?/m1/s1. The summed E-state index contributed by atoms with van der Waals surface area (Å²) >= 11 is 0. The van der Waals surface area contributed by atoms with Gasteiger partial charge in [0.1, 0.15) is 0 Å². The van der Waals surface area contributed by atoms with Crippen molar-refractivity contribution in [1.29, 1.82) is 0 Å². The number of H-pyrrole nitrogens is 1. The third-order valence-corrected chi connectivity index (χ3v) is 13.1. The number of amides is 4. The van der Waals surface area contributed by atoms with Crippen LogP contribution in [0, 0.1) is 12.8 Å². The molecule has 9 rings (SSSR count). The van der Waals surface area contributed by atoms with Gasteiger partial charge < -0.3 is 14.7 Å². The van der Waals surface area contributed by atoms with E-state index in [0.717, 1.165) is 90.2 Å². The Bertz CT molecular complexity index is 2630. The molecule has 1 saturated carbocycles. The van der Waals surface area contributed by atoms with Crippen LogP contribution in [0.25, 0.3) is 33.4 Å². The summed E-state index contributed by atoms with van der Waals surface area (Å²) in [6.45, 7) is 15.6. The smallest absolute Gasteiger partial charge is 0.328 e. The van der Waals surface area contributed by atoms with E-state index in [4.69, 9.17) is 9.51 Å². The number of carbonyl (C=O) groups is 3. The van der Waals surface area contributed by atoms with Gasteiger partial charge in [-0.1, -0.05) is 62.3 Å². The Kier molecular flexibility index (Phi) is 11.6. The van der Waals surface area contributed by atoms with E-state index in [2.05, 4.69) is 89.3 Å². The van der Waals surface area contributed by atoms with Crippen LogP contribution < -0.4 is 20.4 Å². The summed E-state index contributed by atoms with van der Waals surface area (Å²) in [4.78, 5) is 52.8. The first-order valence-electron chi connectivity index (χ1n) is 22.3. The highest BCUT2D eigenvalue weighted by Crippen LogP contribution is 2.38. The lowest BCUT2D eigenvalue weighted by Gasteiger charge is -2.39. The monoisotopic (exact) mass is 848 g/mol. The van der Waals surface area contributed by atoms with Gasteiger partial charge in [-0.25, -0.2) is 9.78 Å². The molecule has 6 aromatic rings. The number of benzene rings is 3. The van der Waals surface area contributed by atoms with E-state index in [-0.39, 0.29) is 35.1 Å². The van der Waals surface area contributed by atoms with E-state index in [9.17, 15) is 14.4 Å². The summed E-state index contributed by atoms with van der Waals surface area (Å²) in [6, 6.07) is 24.9. The van der Waals surface area contributed by atoms with Gasteiger partial charge in [0.25, 0.3) is 11.7 Å². The lowest BCUT2D eigenvalue weighted by molar-refractivity contribution is -0.120. The zero-order valence-electron chi connectivity index (χ0n) is 36.8. The zero-order valence-corrected chi connectivity index (χ0v) is 36.8. The quantitative estimate of drug-likeness (QED) is 0.122. The van der Waals surface area contributed by atoms with Gasteiger partial charge in [-0.05, 0) is 110 Å². The average Bonchev–Trinajstić information content (AvgIpc) is 3.96. The van der Waals surface area contributed by atoms with Crippen LogP contribution in [0.3, 0.4) is 0 Å². The van der Waals surface area contributed by atoms with E-state index in [1.54, 1.807) is 4.90 Å². The molecule has 0 unspecified atom stereocenters. The molecule has 1 aliphatic carbocycles. The molecule has 0 spiro atoms. The number of aromatic nitrogens is 5. The number of urea groups is 1. The Labute approximate surface area is 367 Å². The predicted molar refractivity (Wildman–Crippen MR) is 244 cm³/mol. The Balaban J connectivity index is 0.776. The van der Waals surface area contributed by atoms with Crippen molar-refractivity contribution in [2.24, 2.45) is 5.92 Å². The van der Waals surface area contributed by atoms with Gasteiger partial charge in [-0.15, -0.1) is 0 Å². The molecule has 1 atom stereocenters. The van der Waals surface area contributed by atoms with Crippen LogP contribution in [-0.4, -0.2) is 87.3 Å². The number of hydrogen-bond donors (Lipinski definition) is 3. The lowest BCUT2D eigenvalue weighted by Crippen LogP contribution is -2.49. The molecule has 3 aromatic carbocycles. The number of piperazine rings is 1. The van der Waals surface area contributed by atoms with Gasteiger partial charge in [-0.2, -0.15) is 10.1 Å². The summed E-state index contributed by atoms with van der Waals surface area (Å²) in [7, 11) is 0. The van der Waals surface area contributed by atoms with Crippen molar-refractivity contribution in [3.63, 3.8) is 0 Å². The number of anilines is 2. The van der Waals surface area contributed by atoms with Crippen LogP contribution in [0.15, 0.2) is 83.5 Å². The fraction of sp³-hybridized carbons (Fsp3) is 0.408. The molecule has 3 fully saturated rings. The van der Waals surface area contributed by atoms with Crippen LogP contribution in [0.1, 0.15) is 105 Å². The fourth-order valence-electron chi connectivity index (χ4n) is 9.41. The van der Waals surface area contributed by atoms with E-state index in [0.29, 0.717) is 36.3 Å². The molecular weight excluding hydrogens is 793 g/mol. The molecule has 3 aromatic heterocycles. The van der Waals surface area contributed by atoms with Crippen molar-refractivity contribution in [3.05, 3.63) is 107 Å². The predicted octanol–water partition coefficient (Wildman–Crippen LogP) is 8.31. The minimum absolute atomic E-state index is 0.0250. The number of fused-ring (bicyclic) bond motifs is 1. The summed E-state index contributed by atoms with van der Waals surface area (Å²) in [5.74, 6) is 1.06. The second-order valence-electron chi connectivity index (χ2n) is 18.5. The Morgan fingerprint density at radius 3 is 2.37 bits per heavy atom. The highest BCUT2D eigenvalue weighted by Gasteiger charge is 2.29. The fourth-order valence-corrected chi connectivity index (χ4v) is 9.41. The van der Waals surface area contributed by atoms with Gasteiger partial charge in [-0.3, -0.25) is 29.8 Å². The molecule has 3 aliphatic rings. The molecule has 14 heteroatoms. The molecule has 5 heterocycles. The van der Waals surface area contributed by atoms with E-state index >= 15 is 0 Å². The first-order chi connectivity index (χ1) is 30.4. The number of hydrogen-bond acceptors (Lipinski definition) is 10. The van der Waals surface area contributed by atoms with Crippen molar-refractivity contribution in [1.82, 2.24) is 40.9 Å². The molecule has 2 saturated heterocycles. The van der Waals surface area contributed by atoms with Crippen molar-refractivity contribution >= 4 is 40.3 Å². The first kappa shape index (κ1) is 41.9. The number of rotatable bonds is 10. The number of pyridine rings is 1. The molecule has 4 amide bonds. The number of imide groups is 1. The molecule has 63 heavy (non-hydrogen) atoms. The number of nitrogens with one attached hydrogen (secondary N) is 3. The van der Waals surface area contributed by atoms with E-state index < -0.39 is 0 Å². The normalized spacial score (nSPS) is 19.3. The minimum Gasteiger partial charge on any atom is -0.369 e. The Morgan fingerprint density at radius 2 is 1.65 bits per heavy atom. The number of aryl methyl sites for hydroxylation is 1. The Hall–Kier alpha value is -6.41. The summed E-state index contributed by atoms with van der Waals surface area (Å²) in [5, 5.41) is 18.0. The van der Waals surface area contributed by atoms with Crippen LogP contribution in [0.4, 0.5) is 16.2 Å². The number of carbonyl (C=O) groups excluding carboxylic acids is 3.